The standard InChI is InChI=1S/C15H25N3O2/c1-5-12-8-17-11(2)9-18(12)10-13-15(20-4)14(19-3)6-7-16-13/h6-7,11-12,17H,5,8-10H2,1-4H3. The summed E-state index contributed by atoms with van der Waals surface area (Å²) < 4.78 is 10.8. The van der Waals surface area contributed by atoms with Crippen LogP contribution in [0.4, 0.5) is 0 Å². The van der Waals surface area contributed by atoms with Crippen LogP contribution in [0.2, 0.25) is 0 Å². The summed E-state index contributed by atoms with van der Waals surface area (Å²) in [5.41, 5.74) is 0.944. The van der Waals surface area contributed by atoms with Gasteiger partial charge >= 0.3 is 0 Å². The third kappa shape index (κ3) is 3.22. The maximum atomic E-state index is 5.47. The van der Waals surface area contributed by atoms with Crippen molar-refractivity contribution in [3.63, 3.8) is 0 Å². The Hall–Kier alpha value is -1.33. The van der Waals surface area contributed by atoms with Crippen LogP contribution >= 0.6 is 0 Å². The number of rotatable bonds is 5. The summed E-state index contributed by atoms with van der Waals surface area (Å²) in [6.07, 6.45) is 2.91. The number of aromatic nitrogens is 1. The van der Waals surface area contributed by atoms with E-state index in [9.17, 15) is 0 Å². The van der Waals surface area contributed by atoms with Gasteiger partial charge in [0.15, 0.2) is 11.5 Å². The van der Waals surface area contributed by atoms with Crippen molar-refractivity contribution in [2.45, 2.75) is 38.9 Å². The highest BCUT2D eigenvalue weighted by Crippen LogP contribution is 2.30. The number of nitrogens with zero attached hydrogens (tertiary/aromatic N) is 2. The van der Waals surface area contributed by atoms with Gasteiger partial charge in [-0.2, -0.15) is 0 Å². The van der Waals surface area contributed by atoms with Crippen LogP contribution in [-0.4, -0.2) is 49.3 Å². The van der Waals surface area contributed by atoms with E-state index < -0.39 is 0 Å². The molecule has 0 amide bonds. The first-order valence-electron chi connectivity index (χ1n) is 7.22. The van der Waals surface area contributed by atoms with Crippen LogP contribution < -0.4 is 14.8 Å². The Labute approximate surface area is 121 Å². The van der Waals surface area contributed by atoms with E-state index in [4.69, 9.17) is 9.47 Å². The summed E-state index contributed by atoms with van der Waals surface area (Å²) in [6.45, 7) is 7.30. The topological polar surface area (TPSA) is 46.6 Å². The second-order valence-electron chi connectivity index (χ2n) is 5.29. The molecule has 2 heterocycles. The van der Waals surface area contributed by atoms with Gasteiger partial charge in [-0.3, -0.25) is 9.88 Å². The highest BCUT2D eigenvalue weighted by atomic mass is 16.5. The number of nitrogens with one attached hydrogen (secondary N) is 1. The fourth-order valence-corrected chi connectivity index (χ4v) is 2.78. The van der Waals surface area contributed by atoms with Crippen LogP contribution in [0.1, 0.15) is 26.0 Å². The van der Waals surface area contributed by atoms with Gasteiger partial charge in [0.2, 0.25) is 0 Å². The summed E-state index contributed by atoms with van der Waals surface area (Å²) >= 11 is 0. The fourth-order valence-electron chi connectivity index (χ4n) is 2.78. The van der Waals surface area contributed by atoms with Crippen molar-refractivity contribution >= 4 is 0 Å². The Morgan fingerprint density at radius 3 is 2.85 bits per heavy atom. The lowest BCUT2D eigenvalue weighted by atomic mass is 10.1. The van der Waals surface area contributed by atoms with Gasteiger partial charge < -0.3 is 14.8 Å². The van der Waals surface area contributed by atoms with Crippen molar-refractivity contribution < 1.29 is 9.47 Å². The minimum absolute atomic E-state index is 0.509. The Morgan fingerprint density at radius 1 is 1.40 bits per heavy atom. The second kappa shape index (κ2) is 6.90. The molecule has 0 bridgehead atoms. The van der Waals surface area contributed by atoms with Crippen molar-refractivity contribution in [3.8, 4) is 11.5 Å². The van der Waals surface area contributed by atoms with Gasteiger partial charge in [0, 0.05) is 44.0 Å². The van der Waals surface area contributed by atoms with Crippen LogP contribution in [0.3, 0.4) is 0 Å². The Bertz CT molecular complexity index is 439. The molecule has 0 aromatic carbocycles. The van der Waals surface area contributed by atoms with E-state index in [0.29, 0.717) is 12.1 Å². The molecule has 1 aliphatic heterocycles. The molecule has 1 fully saturated rings. The van der Waals surface area contributed by atoms with Gasteiger partial charge in [-0.25, -0.2) is 0 Å². The van der Waals surface area contributed by atoms with E-state index in [1.54, 1.807) is 20.4 Å². The lowest BCUT2D eigenvalue weighted by Crippen LogP contribution is -2.54. The van der Waals surface area contributed by atoms with Crippen LogP contribution in [0.25, 0.3) is 0 Å². The molecule has 0 spiro atoms. The number of pyridine rings is 1. The van der Waals surface area contributed by atoms with Crippen LogP contribution in [-0.2, 0) is 6.54 Å². The van der Waals surface area contributed by atoms with Gasteiger partial charge in [-0.1, -0.05) is 6.92 Å². The first-order valence-corrected chi connectivity index (χ1v) is 7.22. The number of hydrogen-bond acceptors (Lipinski definition) is 5. The van der Waals surface area contributed by atoms with Gasteiger partial charge in [-0.15, -0.1) is 0 Å². The third-order valence-electron chi connectivity index (χ3n) is 3.92. The Morgan fingerprint density at radius 2 is 2.20 bits per heavy atom. The summed E-state index contributed by atoms with van der Waals surface area (Å²) in [5, 5.41) is 3.53. The summed E-state index contributed by atoms with van der Waals surface area (Å²) in [6, 6.07) is 2.89. The van der Waals surface area contributed by atoms with Crippen LogP contribution in [0, 0.1) is 0 Å². The van der Waals surface area contributed by atoms with Crippen LogP contribution in [0.5, 0.6) is 11.5 Å². The summed E-state index contributed by atoms with van der Waals surface area (Å²) in [4.78, 5) is 6.96. The predicted octanol–water partition coefficient (Wildman–Crippen LogP) is 1.67. The number of piperazine rings is 1. The SMILES string of the molecule is CCC1CNC(C)CN1Cc1nccc(OC)c1OC. The highest BCUT2D eigenvalue weighted by molar-refractivity contribution is 5.42. The Balaban J connectivity index is 2.19. The maximum Gasteiger partial charge on any atom is 0.183 e. The van der Waals surface area contributed by atoms with E-state index in [0.717, 1.165) is 43.2 Å². The summed E-state index contributed by atoms with van der Waals surface area (Å²) in [5.74, 6) is 1.49. The number of ether oxygens (including phenoxy) is 2. The molecule has 5 heteroatoms. The van der Waals surface area contributed by atoms with E-state index in [1.165, 1.54) is 0 Å². The summed E-state index contributed by atoms with van der Waals surface area (Å²) in [7, 11) is 3.32. The van der Waals surface area contributed by atoms with Crippen LogP contribution in [0.15, 0.2) is 12.3 Å². The second-order valence-corrected chi connectivity index (χ2v) is 5.29. The molecule has 1 N–H and O–H groups in total. The average Bonchev–Trinajstić information content (AvgIpc) is 2.47. The van der Waals surface area contributed by atoms with Crippen molar-refractivity contribution in [2.75, 3.05) is 27.3 Å². The molecular weight excluding hydrogens is 254 g/mol. The third-order valence-corrected chi connectivity index (χ3v) is 3.92. The van der Waals surface area contributed by atoms with Gasteiger partial charge in [0.1, 0.15) is 5.69 Å². The Kier molecular flexibility index (Phi) is 5.20. The fraction of sp³-hybridized carbons (Fsp3) is 0.667. The van der Waals surface area contributed by atoms with Crippen molar-refractivity contribution in [3.05, 3.63) is 18.0 Å². The molecule has 1 aliphatic rings. The first-order chi connectivity index (χ1) is 9.69. The van der Waals surface area contributed by atoms with E-state index >= 15 is 0 Å². The lowest BCUT2D eigenvalue weighted by molar-refractivity contribution is 0.121. The molecule has 112 valence electrons. The lowest BCUT2D eigenvalue weighted by Gasteiger charge is -2.39. The number of methoxy groups -OCH3 is 2. The monoisotopic (exact) mass is 279 g/mol. The largest absolute Gasteiger partial charge is 0.493 e. The molecule has 2 rings (SSSR count). The van der Waals surface area contributed by atoms with Gasteiger partial charge in [0.05, 0.1) is 14.2 Å². The molecule has 5 nitrogen and oxygen atoms in total. The molecule has 1 aromatic rings. The smallest absolute Gasteiger partial charge is 0.183 e. The zero-order valence-corrected chi connectivity index (χ0v) is 12.8. The van der Waals surface area contributed by atoms with E-state index in [-0.39, 0.29) is 0 Å². The zero-order chi connectivity index (χ0) is 14.5. The normalized spacial score (nSPS) is 23.6. The molecule has 0 radical (unpaired) electrons. The molecule has 0 aliphatic carbocycles. The van der Waals surface area contributed by atoms with Gasteiger partial charge in [-0.05, 0) is 13.3 Å². The maximum absolute atomic E-state index is 5.47. The molecule has 1 aromatic heterocycles. The molecule has 20 heavy (non-hydrogen) atoms. The van der Waals surface area contributed by atoms with E-state index in [2.05, 4.69) is 29.0 Å². The zero-order valence-electron chi connectivity index (χ0n) is 12.8. The molecule has 1 saturated heterocycles. The molecular formula is C15H25N3O2. The molecule has 0 saturated carbocycles. The minimum atomic E-state index is 0.509. The van der Waals surface area contributed by atoms with Crippen molar-refractivity contribution in [1.29, 1.82) is 0 Å². The van der Waals surface area contributed by atoms with Crippen molar-refractivity contribution in [1.82, 2.24) is 15.2 Å². The first kappa shape index (κ1) is 15.1. The highest BCUT2D eigenvalue weighted by Gasteiger charge is 2.26. The quantitative estimate of drug-likeness (QED) is 0.888. The minimum Gasteiger partial charge on any atom is -0.493 e. The van der Waals surface area contributed by atoms with E-state index in [1.807, 2.05) is 6.07 Å². The van der Waals surface area contributed by atoms with Crippen molar-refractivity contribution in [2.24, 2.45) is 0 Å². The average molecular weight is 279 g/mol. The predicted molar refractivity (Wildman–Crippen MR) is 79.3 cm³/mol. The van der Waals surface area contributed by atoms with Gasteiger partial charge in [0.25, 0.3) is 0 Å². The molecule has 2 unspecified atom stereocenters. The number of hydrogen-bond donors (Lipinski definition) is 1. The molecule has 2 atom stereocenters.